The monoisotopic (exact) mass is 426 g/mol. The Bertz CT molecular complexity index is 587. The maximum absolute atomic E-state index is 12.4. The average Bonchev–Trinajstić information content (AvgIpc) is 2.83. The zero-order chi connectivity index (χ0) is 22.7. The molecular formula is C24H46O4Si. The van der Waals surface area contributed by atoms with E-state index in [9.17, 15) is 4.79 Å². The van der Waals surface area contributed by atoms with Gasteiger partial charge in [0.05, 0.1) is 11.2 Å². The van der Waals surface area contributed by atoms with Gasteiger partial charge in [0.15, 0.2) is 14.1 Å². The minimum Gasteiger partial charge on any atom is -0.415 e. The maximum Gasteiger partial charge on any atom is 0.200 e. The molecule has 2 aliphatic rings. The van der Waals surface area contributed by atoms with E-state index in [1.807, 2.05) is 0 Å². The summed E-state index contributed by atoms with van der Waals surface area (Å²) in [5, 5.41) is 0. The van der Waals surface area contributed by atoms with E-state index in [1.165, 1.54) is 0 Å². The SMILES string of the molecule is CC(C)[Si](OC[C@]1(C)CC2(C[C@]1(C)C=O)OC(C)(C)C(C)(C)O2)(C(C)C)C(C)C. The zero-order valence-corrected chi connectivity index (χ0v) is 22.1. The predicted octanol–water partition coefficient (Wildman–Crippen LogP) is 6.48. The Morgan fingerprint density at radius 2 is 1.24 bits per heavy atom. The van der Waals surface area contributed by atoms with Gasteiger partial charge in [-0.15, -0.1) is 0 Å². The van der Waals surface area contributed by atoms with Gasteiger partial charge >= 0.3 is 0 Å². The molecule has 4 nitrogen and oxygen atoms in total. The van der Waals surface area contributed by atoms with Gasteiger partial charge in [-0.05, 0) is 44.3 Å². The molecule has 1 heterocycles. The number of hydrogen-bond donors (Lipinski definition) is 0. The van der Waals surface area contributed by atoms with Gasteiger partial charge in [-0.3, -0.25) is 0 Å². The molecule has 1 aliphatic heterocycles. The molecule has 2 fully saturated rings. The molecule has 0 N–H and O–H groups in total. The van der Waals surface area contributed by atoms with Gasteiger partial charge in [0.1, 0.15) is 6.29 Å². The van der Waals surface area contributed by atoms with E-state index in [1.54, 1.807) is 0 Å². The molecule has 1 spiro atoms. The van der Waals surface area contributed by atoms with Crippen LogP contribution in [0.2, 0.25) is 16.6 Å². The fourth-order valence-electron chi connectivity index (χ4n) is 6.16. The summed E-state index contributed by atoms with van der Waals surface area (Å²) >= 11 is 0. The summed E-state index contributed by atoms with van der Waals surface area (Å²) < 4.78 is 20.1. The lowest BCUT2D eigenvalue weighted by molar-refractivity contribution is -0.193. The summed E-state index contributed by atoms with van der Waals surface area (Å²) in [5.74, 6) is -0.724. The van der Waals surface area contributed by atoms with Crippen molar-refractivity contribution in [2.75, 3.05) is 6.61 Å². The maximum atomic E-state index is 12.4. The van der Waals surface area contributed by atoms with Crippen LogP contribution in [0.1, 0.15) is 95.9 Å². The standard InChI is InChI=1S/C24H46O4Si/c1-17(2)29(18(3)4,19(5)6)26-16-23(12)14-24(13-22(23,11)15-25)27-20(7,8)21(9,10)28-24/h15,17-19H,13-14,16H2,1-12H3/t22-,23+/m1/s1. The topological polar surface area (TPSA) is 44.8 Å². The summed E-state index contributed by atoms with van der Waals surface area (Å²) in [6.45, 7) is 27.0. The van der Waals surface area contributed by atoms with Gasteiger partial charge in [0.2, 0.25) is 0 Å². The molecule has 170 valence electrons. The molecule has 0 aromatic rings. The van der Waals surface area contributed by atoms with Crippen LogP contribution < -0.4 is 0 Å². The Balaban J connectivity index is 2.38. The highest BCUT2D eigenvalue weighted by Gasteiger charge is 2.68. The smallest absolute Gasteiger partial charge is 0.200 e. The molecule has 1 saturated heterocycles. The second kappa shape index (κ2) is 7.42. The van der Waals surface area contributed by atoms with Crippen LogP contribution in [0.4, 0.5) is 0 Å². The van der Waals surface area contributed by atoms with E-state index in [0.29, 0.717) is 36.1 Å². The molecule has 29 heavy (non-hydrogen) atoms. The minimum absolute atomic E-state index is 0.331. The Hall–Kier alpha value is -0.233. The largest absolute Gasteiger partial charge is 0.415 e. The van der Waals surface area contributed by atoms with Crippen molar-refractivity contribution in [1.82, 2.24) is 0 Å². The number of carbonyl (C=O) groups is 1. The van der Waals surface area contributed by atoms with Gasteiger partial charge < -0.3 is 18.7 Å². The van der Waals surface area contributed by atoms with Crippen LogP contribution in [-0.4, -0.2) is 38.2 Å². The van der Waals surface area contributed by atoms with Gasteiger partial charge in [-0.25, -0.2) is 0 Å². The van der Waals surface area contributed by atoms with Crippen LogP contribution in [-0.2, 0) is 18.7 Å². The third kappa shape index (κ3) is 3.79. The Labute approximate surface area is 180 Å². The van der Waals surface area contributed by atoms with E-state index in [-0.39, 0.29) is 5.41 Å². The number of aldehydes is 1. The molecule has 0 radical (unpaired) electrons. The molecular weight excluding hydrogens is 380 g/mol. The lowest BCUT2D eigenvalue weighted by Crippen LogP contribution is -2.51. The fourth-order valence-corrected chi connectivity index (χ4v) is 11.7. The quantitative estimate of drug-likeness (QED) is 0.345. The highest BCUT2D eigenvalue weighted by atomic mass is 28.4. The molecule has 0 aromatic carbocycles. The minimum atomic E-state index is -2.02. The summed E-state index contributed by atoms with van der Waals surface area (Å²) in [6, 6.07) is 0. The first-order valence-electron chi connectivity index (χ1n) is 11.4. The summed E-state index contributed by atoms with van der Waals surface area (Å²) in [6.07, 6.45) is 2.39. The van der Waals surface area contributed by atoms with Crippen molar-refractivity contribution in [2.45, 2.75) is 130 Å². The third-order valence-corrected chi connectivity index (χ3v) is 14.7. The molecule has 1 saturated carbocycles. The fraction of sp³-hybridized carbons (Fsp3) is 0.958. The van der Waals surface area contributed by atoms with Crippen LogP contribution in [0.3, 0.4) is 0 Å². The first-order valence-corrected chi connectivity index (χ1v) is 13.6. The molecule has 1 aliphatic carbocycles. The van der Waals surface area contributed by atoms with E-state index in [2.05, 4.69) is 83.1 Å². The lowest BCUT2D eigenvalue weighted by Gasteiger charge is -2.46. The van der Waals surface area contributed by atoms with Gasteiger partial charge in [0.25, 0.3) is 0 Å². The van der Waals surface area contributed by atoms with Gasteiger partial charge in [0, 0.05) is 30.3 Å². The highest BCUT2D eigenvalue weighted by molar-refractivity contribution is 6.77. The molecule has 0 unspecified atom stereocenters. The molecule has 2 rings (SSSR count). The van der Waals surface area contributed by atoms with E-state index >= 15 is 0 Å². The van der Waals surface area contributed by atoms with Crippen LogP contribution in [0, 0.1) is 10.8 Å². The zero-order valence-electron chi connectivity index (χ0n) is 21.1. The normalized spacial score (nSPS) is 33.3. The molecule has 0 bridgehead atoms. The van der Waals surface area contributed by atoms with Crippen LogP contribution in [0.15, 0.2) is 0 Å². The third-order valence-electron chi connectivity index (χ3n) is 8.62. The number of carbonyl (C=O) groups excluding carboxylic acids is 1. The van der Waals surface area contributed by atoms with Crippen LogP contribution in [0.5, 0.6) is 0 Å². The van der Waals surface area contributed by atoms with Crippen molar-refractivity contribution in [3.05, 3.63) is 0 Å². The summed E-state index contributed by atoms with van der Waals surface area (Å²) in [5.41, 5.74) is -0.149. The van der Waals surface area contributed by atoms with Crippen molar-refractivity contribution >= 4 is 14.6 Å². The first-order chi connectivity index (χ1) is 12.9. The number of hydrogen-bond acceptors (Lipinski definition) is 4. The number of rotatable bonds is 7. The van der Waals surface area contributed by atoms with E-state index in [4.69, 9.17) is 13.9 Å². The summed E-state index contributed by atoms with van der Waals surface area (Å²) in [7, 11) is -2.02. The first kappa shape index (κ1) is 25.0. The predicted molar refractivity (Wildman–Crippen MR) is 122 cm³/mol. The molecule has 0 amide bonds. The Morgan fingerprint density at radius 1 is 0.828 bits per heavy atom. The van der Waals surface area contributed by atoms with Crippen molar-refractivity contribution in [3.8, 4) is 0 Å². The second-order valence-corrected chi connectivity index (χ2v) is 17.7. The number of ether oxygens (including phenoxy) is 2. The van der Waals surface area contributed by atoms with Crippen molar-refractivity contribution in [3.63, 3.8) is 0 Å². The molecule has 2 atom stereocenters. The average molecular weight is 427 g/mol. The van der Waals surface area contributed by atoms with Crippen LogP contribution >= 0.6 is 0 Å². The summed E-state index contributed by atoms with van der Waals surface area (Å²) in [4.78, 5) is 12.4. The van der Waals surface area contributed by atoms with Gasteiger partial charge in [-0.2, -0.15) is 0 Å². The lowest BCUT2D eigenvalue weighted by atomic mass is 9.69. The van der Waals surface area contributed by atoms with Gasteiger partial charge in [-0.1, -0.05) is 55.4 Å². The Kier molecular flexibility index (Phi) is 6.41. The van der Waals surface area contributed by atoms with E-state index in [0.717, 1.165) is 6.29 Å². The molecule has 0 aromatic heterocycles. The van der Waals surface area contributed by atoms with Crippen molar-refractivity contribution in [2.24, 2.45) is 10.8 Å². The molecule has 5 heteroatoms. The Morgan fingerprint density at radius 3 is 1.59 bits per heavy atom. The second-order valence-electron chi connectivity index (χ2n) is 12.2. The highest BCUT2D eigenvalue weighted by Crippen LogP contribution is 2.63. The van der Waals surface area contributed by atoms with Crippen molar-refractivity contribution in [1.29, 1.82) is 0 Å². The van der Waals surface area contributed by atoms with E-state index < -0.39 is 30.7 Å². The van der Waals surface area contributed by atoms with Crippen molar-refractivity contribution < 1.29 is 18.7 Å². The van der Waals surface area contributed by atoms with Crippen LogP contribution in [0.25, 0.3) is 0 Å².